The number of hydrogen-bond acceptors (Lipinski definition) is 2. The second kappa shape index (κ2) is 4.52. The quantitative estimate of drug-likeness (QED) is 0.567. The van der Waals surface area contributed by atoms with Crippen LogP contribution in [-0.4, -0.2) is 34.0 Å². The molecule has 0 aromatic rings. The molecule has 0 atom stereocenters. The summed E-state index contributed by atoms with van der Waals surface area (Å²) in [6.45, 7) is 2.18. The second-order valence-electron chi connectivity index (χ2n) is 3.65. The normalized spacial score (nSPS) is 15.3. The first kappa shape index (κ1) is 11.1. The Morgan fingerprint density at radius 3 is 2.00 bits per heavy atom. The molecule has 0 radical (unpaired) electrons. The van der Waals surface area contributed by atoms with Crippen LogP contribution in [0.5, 0.6) is 0 Å². The molecule has 0 heterocycles. The summed E-state index contributed by atoms with van der Waals surface area (Å²) in [5, 5.41) is 0. The molecule has 71 valence electrons. The Morgan fingerprint density at radius 2 is 1.69 bits per heavy atom. The Morgan fingerprint density at radius 1 is 1.15 bits per heavy atom. The Kier molecular flexibility index (Phi) is 3.87. The van der Waals surface area contributed by atoms with Crippen LogP contribution in [0.2, 0.25) is 0 Å². The van der Waals surface area contributed by atoms with Crippen LogP contribution in [-0.2, 0) is 22.0 Å². The average Bonchev–Trinajstić information content (AvgIpc) is 2.35. The first-order valence-corrected chi connectivity index (χ1v) is 9.41. The number of allylic oxidation sites excluding steroid dienone is 3. The molecule has 1 aliphatic carbocycles. The van der Waals surface area contributed by atoms with Crippen molar-refractivity contribution in [1.82, 2.24) is 5.78 Å². The van der Waals surface area contributed by atoms with E-state index >= 15 is 0 Å². The van der Waals surface area contributed by atoms with Gasteiger partial charge in [-0.2, -0.15) is 0 Å². The fourth-order valence-corrected chi connectivity index (χ4v) is 9.95. The molecule has 0 N–H and O–H groups in total. The predicted octanol–water partition coefficient (Wildman–Crippen LogP) is 1.56. The monoisotopic (exact) mass is 345 g/mol. The van der Waals surface area contributed by atoms with Gasteiger partial charge in [-0.25, -0.2) is 0 Å². The second-order valence-corrected chi connectivity index (χ2v) is 14.2. The molecule has 0 unspecified atom stereocenters. The molecule has 0 aliphatic heterocycles. The molecular formula is C10H17HfN2. The maximum absolute atomic E-state index is 3.38. The van der Waals surface area contributed by atoms with Gasteiger partial charge in [0.25, 0.3) is 0 Å². The summed E-state index contributed by atoms with van der Waals surface area (Å²) >= 11 is -1.89. The SMILES string of the molecule is CC1=CC=C=[C]1[Hf]([N](C)C)[N](C)C. The Bertz CT molecular complexity index is 275. The Labute approximate surface area is 89.5 Å². The van der Waals surface area contributed by atoms with Crippen LogP contribution in [0.25, 0.3) is 0 Å². The summed E-state index contributed by atoms with van der Waals surface area (Å²) < 4.78 is 6.30. The first-order chi connectivity index (χ1) is 6.04. The van der Waals surface area contributed by atoms with E-state index < -0.39 is 22.0 Å². The van der Waals surface area contributed by atoms with Crippen molar-refractivity contribution in [2.45, 2.75) is 6.92 Å². The van der Waals surface area contributed by atoms with E-state index in [-0.39, 0.29) is 0 Å². The molecule has 2 nitrogen and oxygen atoms in total. The maximum atomic E-state index is 3.38. The fourth-order valence-electron chi connectivity index (χ4n) is 1.54. The summed E-state index contributed by atoms with van der Waals surface area (Å²) in [6, 6.07) is 0. The molecule has 0 saturated heterocycles. The molecule has 0 bridgehead atoms. The van der Waals surface area contributed by atoms with E-state index in [0.29, 0.717) is 0 Å². The van der Waals surface area contributed by atoms with Crippen LogP contribution < -0.4 is 0 Å². The molecule has 3 heteroatoms. The van der Waals surface area contributed by atoms with Crippen molar-refractivity contribution in [3.63, 3.8) is 0 Å². The van der Waals surface area contributed by atoms with E-state index in [1.165, 1.54) is 8.90 Å². The third kappa shape index (κ3) is 2.50. The molecule has 0 aromatic carbocycles. The van der Waals surface area contributed by atoms with Gasteiger partial charge in [-0.05, 0) is 0 Å². The van der Waals surface area contributed by atoms with Crippen molar-refractivity contribution >= 4 is 0 Å². The summed E-state index contributed by atoms with van der Waals surface area (Å²) in [5.74, 6) is 0. The van der Waals surface area contributed by atoms with Gasteiger partial charge in [0.15, 0.2) is 0 Å². The van der Waals surface area contributed by atoms with Crippen molar-refractivity contribution in [2.24, 2.45) is 0 Å². The zero-order valence-electron chi connectivity index (χ0n) is 9.05. The van der Waals surface area contributed by atoms with Gasteiger partial charge in [0.2, 0.25) is 0 Å². The van der Waals surface area contributed by atoms with E-state index in [9.17, 15) is 0 Å². The fraction of sp³-hybridized carbons (Fsp3) is 0.500. The standard InChI is InChI=1S/C6H5.2C2H6N.Hf/c1-6-4-2-3-5-6;2*1-3-2;/h2,4H,1H3;2*1-2H3;/q;2*-1;+2. The van der Waals surface area contributed by atoms with Crippen LogP contribution in [0.4, 0.5) is 0 Å². The molecule has 0 spiro atoms. The molecule has 1 aliphatic rings. The summed E-state index contributed by atoms with van der Waals surface area (Å²) in [5.41, 5.74) is 4.79. The number of nitrogens with zero attached hydrogens (tertiary/aromatic N) is 2. The van der Waals surface area contributed by atoms with Crippen molar-refractivity contribution < 1.29 is 22.0 Å². The van der Waals surface area contributed by atoms with Crippen LogP contribution >= 0.6 is 0 Å². The molecule has 0 saturated carbocycles. The molecule has 13 heavy (non-hydrogen) atoms. The van der Waals surface area contributed by atoms with Crippen molar-refractivity contribution in [1.29, 1.82) is 0 Å². The molecule has 0 aromatic heterocycles. The van der Waals surface area contributed by atoms with Crippen molar-refractivity contribution in [2.75, 3.05) is 28.2 Å². The average molecular weight is 344 g/mol. The number of hydrogen-bond donors (Lipinski definition) is 0. The van der Waals surface area contributed by atoms with Gasteiger partial charge >= 0.3 is 89.7 Å². The predicted molar refractivity (Wildman–Crippen MR) is 52.7 cm³/mol. The van der Waals surface area contributed by atoms with E-state index in [1.54, 1.807) is 0 Å². The summed E-state index contributed by atoms with van der Waals surface area (Å²) in [4.78, 5) is 0. The van der Waals surface area contributed by atoms with E-state index in [0.717, 1.165) is 0 Å². The summed E-state index contributed by atoms with van der Waals surface area (Å²) in [7, 11) is 8.73. The van der Waals surface area contributed by atoms with Crippen molar-refractivity contribution in [3.05, 3.63) is 26.8 Å². The minimum atomic E-state index is -1.89. The van der Waals surface area contributed by atoms with Crippen LogP contribution in [0.3, 0.4) is 0 Å². The first-order valence-electron chi connectivity index (χ1n) is 4.40. The molecule has 1 rings (SSSR count). The Hall–Kier alpha value is 0.0501. The zero-order valence-corrected chi connectivity index (χ0v) is 12.6. The van der Waals surface area contributed by atoms with Crippen LogP contribution in [0, 0.1) is 0 Å². The molecule has 0 fully saturated rings. The minimum absolute atomic E-state index is 1.41. The van der Waals surface area contributed by atoms with Gasteiger partial charge in [0, 0.05) is 0 Å². The summed E-state index contributed by atoms with van der Waals surface area (Å²) in [6.07, 6.45) is 4.20. The van der Waals surface area contributed by atoms with Gasteiger partial charge in [-0.3, -0.25) is 0 Å². The number of rotatable bonds is 3. The third-order valence-electron chi connectivity index (χ3n) is 2.03. The van der Waals surface area contributed by atoms with Gasteiger partial charge < -0.3 is 0 Å². The van der Waals surface area contributed by atoms with Gasteiger partial charge in [0.05, 0.1) is 0 Å². The molecule has 0 amide bonds. The van der Waals surface area contributed by atoms with Gasteiger partial charge in [-0.15, -0.1) is 0 Å². The van der Waals surface area contributed by atoms with Crippen molar-refractivity contribution in [3.8, 4) is 0 Å². The topological polar surface area (TPSA) is 6.48 Å². The van der Waals surface area contributed by atoms with Gasteiger partial charge in [0.1, 0.15) is 0 Å². The molecular weight excluding hydrogens is 327 g/mol. The van der Waals surface area contributed by atoms with E-state index in [2.05, 4.69) is 52.7 Å². The van der Waals surface area contributed by atoms with Gasteiger partial charge in [-0.1, -0.05) is 0 Å². The zero-order chi connectivity index (χ0) is 10.0. The van der Waals surface area contributed by atoms with Crippen LogP contribution in [0.1, 0.15) is 6.92 Å². The Balaban J connectivity index is 2.90. The third-order valence-corrected chi connectivity index (χ3v) is 11.7. The van der Waals surface area contributed by atoms with E-state index in [1.807, 2.05) is 6.08 Å². The van der Waals surface area contributed by atoms with E-state index in [4.69, 9.17) is 0 Å². The van der Waals surface area contributed by atoms with Crippen LogP contribution in [0.15, 0.2) is 26.8 Å².